The third-order valence-electron chi connectivity index (χ3n) is 2.84. The Hall–Kier alpha value is -1.44. The second kappa shape index (κ2) is 3.97. The van der Waals surface area contributed by atoms with E-state index in [2.05, 4.69) is 54.9 Å². The highest BCUT2D eigenvalue weighted by Gasteiger charge is 2.19. The molecule has 1 heterocycles. The second-order valence-corrected chi connectivity index (χ2v) is 4.24. The van der Waals surface area contributed by atoms with Gasteiger partial charge in [-0.2, -0.15) is 0 Å². The van der Waals surface area contributed by atoms with E-state index >= 15 is 0 Å². The molecule has 1 aliphatic heterocycles. The average Bonchev–Trinajstić information content (AvgIpc) is 2.64. The zero-order valence-corrected chi connectivity index (χ0v) is 9.46. The monoisotopic (exact) mass is 202 g/mol. The first kappa shape index (κ1) is 10.1. The van der Waals surface area contributed by atoms with Crippen molar-refractivity contribution in [2.75, 3.05) is 18.0 Å². The maximum Gasteiger partial charge on any atom is 0.0985 e. The van der Waals surface area contributed by atoms with Gasteiger partial charge in [-0.3, -0.25) is 0 Å². The molecule has 2 nitrogen and oxygen atoms in total. The van der Waals surface area contributed by atoms with Crippen molar-refractivity contribution in [3.63, 3.8) is 0 Å². The van der Waals surface area contributed by atoms with Crippen LogP contribution < -0.4 is 10.2 Å². The number of nitrogens with one attached hydrogen (secondary N) is 1. The molecule has 2 rings (SSSR count). The van der Waals surface area contributed by atoms with E-state index in [0.717, 1.165) is 18.9 Å². The van der Waals surface area contributed by atoms with Crippen LogP contribution in [-0.2, 0) is 0 Å². The van der Waals surface area contributed by atoms with Gasteiger partial charge < -0.3 is 10.2 Å². The lowest BCUT2D eigenvalue weighted by molar-refractivity contribution is 0.856. The van der Waals surface area contributed by atoms with Gasteiger partial charge in [-0.1, -0.05) is 38.6 Å². The molecule has 0 bridgehead atoms. The maximum absolute atomic E-state index is 4.03. The lowest BCUT2D eigenvalue weighted by Crippen LogP contribution is -2.19. The topological polar surface area (TPSA) is 15.3 Å². The van der Waals surface area contributed by atoms with Crippen molar-refractivity contribution in [3.05, 3.63) is 42.2 Å². The lowest BCUT2D eigenvalue weighted by Gasteiger charge is -2.23. The zero-order valence-electron chi connectivity index (χ0n) is 9.46. The molecule has 1 fully saturated rings. The molecule has 0 spiro atoms. The molecule has 0 amide bonds. The molecule has 0 unspecified atom stereocenters. The van der Waals surface area contributed by atoms with Crippen LogP contribution in [-0.4, -0.2) is 13.1 Å². The summed E-state index contributed by atoms with van der Waals surface area (Å²) in [5.74, 6) is 1.57. The van der Waals surface area contributed by atoms with Crippen molar-refractivity contribution in [2.24, 2.45) is 0 Å². The third-order valence-corrected chi connectivity index (χ3v) is 2.84. The number of hydrogen-bond donors (Lipinski definition) is 1. The molecule has 1 N–H and O–H groups in total. The molecule has 0 aromatic heterocycles. The molecule has 1 aromatic rings. The van der Waals surface area contributed by atoms with E-state index in [0.29, 0.717) is 5.92 Å². The molecule has 1 aliphatic rings. The number of nitrogens with zero attached hydrogens (tertiary/aromatic N) is 1. The van der Waals surface area contributed by atoms with Crippen LogP contribution in [0.25, 0.3) is 0 Å². The molecular formula is C13H18N2. The van der Waals surface area contributed by atoms with Crippen molar-refractivity contribution < 1.29 is 0 Å². The van der Waals surface area contributed by atoms with Crippen LogP contribution in [0.2, 0.25) is 0 Å². The summed E-state index contributed by atoms with van der Waals surface area (Å²) in [6.45, 7) is 10.5. The summed E-state index contributed by atoms with van der Waals surface area (Å²) in [7, 11) is 0. The van der Waals surface area contributed by atoms with Gasteiger partial charge in [0.05, 0.1) is 5.82 Å². The normalized spacial score (nSPS) is 15.9. The highest BCUT2D eigenvalue weighted by Crippen LogP contribution is 2.29. The van der Waals surface area contributed by atoms with Gasteiger partial charge >= 0.3 is 0 Å². The average molecular weight is 202 g/mol. The number of para-hydroxylation sites is 1. The van der Waals surface area contributed by atoms with E-state index in [4.69, 9.17) is 0 Å². The summed E-state index contributed by atoms with van der Waals surface area (Å²) in [4.78, 5) is 2.26. The smallest absolute Gasteiger partial charge is 0.0985 e. The van der Waals surface area contributed by atoms with Crippen LogP contribution in [0, 0.1) is 0 Å². The Bertz CT molecular complexity index is 369. The first-order valence-corrected chi connectivity index (χ1v) is 5.49. The first-order chi connectivity index (χ1) is 7.20. The molecule has 80 valence electrons. The van der Waals surface area contributed by atoms with Crippen molar-refractivity contribution in [1.82, 2.24) is 5.32 Å². The number of rotatable bonds is 2. The third kappa shape index (κ3) is 1.84. The highest BCUT2D eigenvalue weighted by molar-refractivity contribution is 5.59. The minimum Gasteiger partial charge on any atom is -0.370 e. The summed E-state index contributed by atoms with van der Waals surface area (Å²) in [5.41, 5.74) is 2.69. The Morgan fingerprint density at radius 2 is 2.07 bits per heavy atom. The molecule has 15 heavy (non-hydrogen) atoms. The van der Waals surface area contributed by atoms with Crippen LogP contribution >= 0.6 is 0 Å². The van der Waals surface area contributed by atoms with Crippen LogP contribution in [0.1, 0.15) is 25.3 Å². The Morgan fingerprint density at radius 3 is 2.67 bits per heavy atom. The Morgan fingerprint density at radius 1 is 1.33 bits per heavy atom. The highest BCUT2D eigenvalue weighted by atomic mass is 15.3. The van der Waals surface area contributed by atoms with Gasteiger partial charge in [-0.05, 0) is 17.5 Å². The van der Waals surface area contributed by atoms with Gasteiger partial charge in [-0.25, -0.2) is 0 Å². The quantitative estimate of drug-likeness (QED) is 0.793. The fourth-order valence-corrected chi connectivity index (χ4v) is 2.03. The van der Waals surface area contributed by atoms with E-state index in [1.165, 1.54) is 11.3 Å². The Balaban J connectivity index is 2.38. The number of hydrogen-bond acceptors (Lipinski definition) is 2. The SMILES string of the molecule is C=C1NCCN1c1ccccc1C(C)C. The van der Waals surface area contributed by atoms with Crippen molar-refractivity contribution >= 4 is 5.69 Å². The fraction of sp³-hybridized carbons (Fsp3) is 0.385. The van der Waals surface area contributed by atoms with E-state index in [-0.39, 0.29) is 0 Å². The molecule has 0 radical (unpaired) electrons. The molecule has 1 aromatic carbocycles. The van der Waals surface area contributed by atoms with Gasteiger partial charge in [0.25, 0.3) is 0 Å². The Kier molecular flexibility index (Phi) is 2.67. The summed E-state index contributed by atoms with van der Waals surface area (Å²) >= 11 is 0. The predicted octanol–water partition coefficient (Wildman–Crippen LogP) is 2.69. The number of anilines is 1. The maximum atomic E-state index is 4.03. The molecule has 1 saturated heterocycles. The molecule has 2 heteroatoms. The second-order valence-electron chi connectivity index (χ2n) is 4.24. The molecular weight excluding hydrogens is 184 g/mol. The van der Waals surface area contributed by atoms with Gasteiger partial charge in [0.2, 0.25) is 0 Å². The number of benzene rings is 1. The first-order valence-electron chi connectivity index (χ1n) is 5.49. The summed E-state index contributed by atoms with van der Waals surface area (Å²) < 4.78 is 0. The van der Waals surface area contributed by atoms with Crippen LogP contribution in [0.3, 0.4) is 0 Å². The molecule has 0 saturated carbocycles. The van der Waals surface area contributed by atoms with E-state index in [1.807, 2.05) is 0 Å². The lowest BCUT2D eigenvalue weighted by atomic mass is 10.0. The van der Waals surface area contributed by atoms with Crippen molar-refractivity contribution in [3.8, 4) is 0 Å². The zero-order chi connectivity index (χ0) is 10.8. The van der Waals surface area contributed by atoms with Gasteiger partial charge in [0, 0.05) is 18.8 Å². The van der Waals surface area contributed by atoms with Crippen molar-refractivity contribution in [2.45, 2.75) is 19.8 Å². The van der Waals surface area contributed by atoms with E-state index in [1.54, 1.807) is 0 Å². The fourth-order valence-electron chi connectivity index (χ4n) is 2.03. The summed E-state index contributed by atoms with van der Waals surface area (Å²) in [6, 6.07) is 8.57. The summed E-state index contributed by atoms with van der Waals surface area (Å²) in [5, 5.41) is 3.27. The van der Waals surface area contributed by atoms with Gasteiger partial charge in [0.15, 0.2) is 0 Å². The van der Waals surface area contributed by atoms with Crippen LogP contribution in [0.4, 0.5) is 5.69 Å². The minimum absolute atomic E-state index is 0.551. The van der Waals surface area contributed by atoms with Crippen LogP contribution in [0.5, 0.6) is 0 Å². The van der Waals surface area contributed by atoms with E-state index < -0.39 is 0 Å². The predicted molar refractivity (Wildman–Crippen MR) is 65.0 cm³/mol. The molecule has 0 aliphatic carbocycles. The van der Waals surface area contributed by atoms with Crippen LogP contribution in [0.15, 0.2) is 36.7 Å². The standard InChI is InChI=1S/C13H18N2/c1-10(2)12-6-4-5-7-13(12)15-9-8-14-11(15)3/h4-7,10,14H,3,8-9H2,1-2H3. The largest absolute Gasteiger partial charge is 0.370 e. The van der Waals surface area contributed by atoms with E-state index in [9.17, 15) is 0 Å². The Labute approximate surface area is 91.6 Å². The van der Waals surface area contributed by atoms with Gasteiger partial charge in [-0.15, -0.1) is 0 Å². The summed E-state index contributed by atoms with van der Waals surface area (Å²) in [6.07, 6.45) is 0. The molecule has 0 atom stereocenters. The van der Waals surface area contributed by atoms with Gasteiger partial charge in [0.1, 0.15) is 0 Å². The van der Waals surface area contributed by atoms with Crippen molar-refractivity contribution in [1.29, 1.82) is 0 Å². The minimum atomic E-state index is 0.551.